The van der Waals surface area contributed by atoms with Gasteiger partial charge in [-0.15, -0.1) is 0 Å². The van der Waals surface area contributed by atoms with Gasteiger partial charge in [-0.05, 0) is 6.42 Å². The Balaban J connectivity index is 1.76. The Kier molecular flexibility index (Phi) is 7.25. The van der Waals surface area contributed by atoms with Gasteiger partial charge in [-0.25, -0.2) is 4.98 Å². The van der Waals surface area contributed by atoms with Crippen LogP contribution in [0.2, 0.25) is 0 Å². The SMILES string of the molecule is CCCc1cc(=O)[nH]c(SCC(=O)NCCN2C(=O)CSC2=S)n1. The Morgan fingerprint density at radius 2 is 2.33 bits per heavy atom. The molecule has 1 aliphatic rings. The monoisotopic (exact) mass is 386 g/mol. The van der Waals surface area contributed by atoms with Crippen molar-refractivity contribution in [2.45, 2.75) is 24.9 Å². The van der Waals surface area contributed by atoms with Crippen molar-refractivity contribution in [1.29, 1.82) is 0 Å². The number of thioether (sulfide) groups is 2. The van der Waals surface area contributed by atoms with Gasteiger partial charge in [-0.2, -0.15) is 0 Å². The summed E-state index contributed by atoms with van der Waals surface area (Å²) in [6.45, 7) is 2.73. The van der Waals surface area contributed by atoms with E-state index < -0.39 is 0 Å². The molecule has 10 heteroatoms. The lowest BCUT2D eigenvalue weighted by Crippen LogP contribution is -2.38. The molecule has 7 nitrogen and oxygen atoms in total. The molecule has 24 heavy (non-hydrogen) atoms. The molecule has 0 radical (unpaired) electrons. The van der Waals surface area contributed by atoms with Crippen molar-refractivity contribution in [3.8, 4) is 0 Å². The van der Waals surface area contributed by atoms with Crippen LogP contribution in [0.4, 0.5) is 0 Å². The van der Waals surface area contributed by atoms with E-state index in [0.717, 1.165) is 18.5 Å². The van der Waals surface area contributed by atoms with Crippen LogP contribution in [0.5, 0.6) is 0 Å². The summed E-state index contributed by atoms with van der Waals surface area (Å²) in [5.41, 5.74) is 0.512. The molecule has 2 N–H and O–H groups in total. The Labute approximate surface area is 153 Å². The predicted molar refractivity (Wildman–Crippen MR) is 99.4 cm³/mol. The lowest BCUT2D eigenvalue weighted by molar-refractivity contribution is -0.124. The molecule has 2 amide bonds. The summed E-state index contributed by atoms with van der Waals surface area (Å²) in [6.07, 6.45) is 1.63. The van der Waals surface area contributed by atoms with E-state index in [2.05, 4.69) is 15.3 Å². The molecule has 1 aliphatic heterocycles. The average Bonchev–Trinajstić information content (AvgIpc) is 2.84. The van der Waals surface area contributed by atoms with Gasteiger partial charge in [0.05, 0.1) is 11.5 Å². The molecule has 1 aromatic rings. The van der Waals surface area contributed by atoms with E-state index in [9.17, 15) is 14.4 Å². The highest BCUT2D eigenvalue weighted by molar-refractivity contribution is 8.23. The van der Waals surface area contributed by atoms with Gasteiger partial charge in [0, 0.05) is 24.8 Å². The Morgan fingerprint density at radius 3 is 3.00 bits per heavy atom. The van der Waals surface area contributed by atoms with E-state index in [0.29, 0.717) is 28.3 Å². The summed E-state index contributed by atoms with van der Waals surface area (Å²) in [7, 11) is 0. The summed E-state index contributed by atoms with van der Waals surface area (Å²) in [4.78, 5) is 43.4. The van der Waals surface area contributed by atoms with E-state index in [4.69, 9.17) is 12.2 Å². The molecular formula is C14H18N4O3S3. The molecule has 2 heterocycles. The fraction of sp³-hybridized carbons (Fsp3) is 0.500. The van der Waals surface area contributed by atoms with Crippen LogP contribution in [-0.2, 0) is 16.0 Å². The first-order valence-corrected chi connectivity index (χ1v) is 9.84. The van der Waals surface area contributed by atoms with Gasteiger partial charge in [0.1, 0.15) is 4.32 Å². The number of amides is 2. The zero-order valence-corrected chi connectivity index (χ0v) is 15.6. The van der Waals surface area contributed by atoms with Crippen LogP contribution in [0, 0.1) is 0 Å². The topological polar surface area (TPSA) is 95.2 Å². The van der Waals surface area contributed by atoms with E-state index >= 15 is 0 Å². The van der Waals surface area contributed by atoms with Gasteiger partial charge in [0.25, 0.3) is 5.56 Å². The maximum Gasteiger partial charge on any atom is 0.251 e. The third-order valence-electron chi connectivity index (χ3n) is 3.12. The summed E-state index contributed by atoms with van der Waals surface area (Å²) >= 11 is 7.58. The van der Waals surface area contributed by atoms with Crippen molar-refractivity contribution in [1.82, 2.24) is 20.2 Å². The number of nitrogens with zero attached hydrogens (tertiary/aromatic N) is 2. The van der Waals surface area contributed by atoms with Crippen LogP contribution in [0.25, 0.3) is 0 Å². The number of aryl methyl sites for hydroxylation is 1. The van der Waals surface area contributed by atoms with Crippen LogP contribution >= 0.6 is 35.7 Å². The highest BCUT2D eigenvalue weighted by Gasteiger charge is 2.25. The minimum Gasteiger partial charge on any atom is -0.354 e. The predicted octanol–water partition coefficient (Wildman–Crippen LogP) is 0.791. The van der Waals surface area contributed by atoms with E-state index in [1.165, 1.54) is 34.5 Å². The minimum atomic E-state index is -0.213. The largest absolute Gasteiger partial charge is 0.354 e. The molecule has 130 valence electrons. The number of hydrogen-bond donors (Lipinski definition) is 2. The molecule has 2 rings (SSSR count). The van der Waals surface area contributed by atoms with E-state index in [1.54, 1.807) is 0 Å². The smallest absolute Gasteiger partial charge is 0.251 e. The normalized spacial score (nSPS) is 14.3. The van der Waals surface area contributed by atoms with E-state index in [1.807, 2.05) is 6.92 Å². The first-order chi connectivity index (χ1) is 11.5. The summed E-state index contributed by atoms with van der Waals surface area (Å²) in [5, 5.41) is 3.17. The number of aromatic amines is 1. The molecule has 0 atom stereocenters. The van der Waals surface area contributed by atoms with Crippen molar-refractivity contribution in [3.63, 3.8) is 0 Å². The van der Waals surface area contributed by atoms with Gasteiger partial charge in [-0.3, -0.25) is 19.3 Å². The second-order valence-corrected chi connectivity index (χ2v) is 7.60. The first kappa shape index (κ1) is 18.9. The third-order valence-corrected chi connectivity index (χ3v) is 5.42. The van der Waals surface area contributed by atoms with Gasteiger partial charge in [-0.1, -0.05) is 49.1 Å². The number of nitrogens with one attached hydrogen (secondary N) is 2. The van der Waals surface area contributed by atoms with Gasteiger partial charge < -0.3 is 10.3 Å². The molecule has 0 unspecified atom stereocenters. The molecule has 0 saturated carbocycles. The molecule has 0 aliphatic carbocycles. The van der Waals surface area contributed by atoms with Gasteiger partial charge in [0.15, 0.2) is 5.16 Å². The van der Waals surface area contributed by atoms with Crippen LogP contribution in [-0.4, -0.2) is 55.6 Å². The number of H-pyrrole nitrogens is 1. The average molecular weight is 387 g/mol. The maximum absolute atomic E-state index is 11.9. The molecular weight excluding hydrogens is 368 g/mol. The molecule has 0 aromatic carbocycles. The van der Waals surface area contributed by atoms with E-state index in [-0.39, 0.29) is 23.1 Å². The Bertz CT molecular complexity index is 676. The maximum atomic E-state index is 11.9. The minimum absolute atomic E-state index is 0.0249. The standard InChI is InChI=1S/C14H18N4O3S3/c1-2-3-9-6-10(19)17-13(16-9)23-7-11(20)15-4-5-18-12(21)8-24-14(18)22/h6H,2-5,7-8H2,1H3,(H,15,20)(H,16,17,19). The summed E-state index contributed by atoms with van der Waals surface area (Å²) < 4.78 is 0.554. The molecule has 0 bridgehead atoms. The van der Waals surface area contributed by atoms with Crippen molar-refractivity contribution in [3.05, 3.63) is 22.1 Å². The molecule has 1 fully saturated rings. The highest BCUT2D eigenvalue weighted by Crippen LogP contribution is 2.18. The van der Waals surface area contributed by atoms with Crippen molar-refractivity contribution in [2.24, 2.45) is 0 Å². The lowest BCUT2D eigenvalue weighted by atomic mass is 10.2. The number of carbonyl (C=O) groups is 2. The van der Waals surface area contributed by atoms with Crippen LogP contribution in [0.15, 0.2) is 16.0 Å². The number of aromatic nitrogens is 2. The number of thiocarbonyl (C=S) groups is 1. The lowest BCUT2D eigenvalue weighted by Gasteiger charge is -2.14. The van der Waals surface area contributed by atoms with Crippen LogP contribution < -0.4 is 10.9 Å². The summed E-state index contributed by atoms with van der Waals surface area (Å²) in [5.74, 6) is 0.304. The Morgan fingerprint density at radius 1 is 1.54 bits per heavy atom. The number of hydrogen-bond acceptors (Lipinski definition) is 7. The third kappa shape index (κ3) is 5.60. The van der Waals surface area contributed by atoms with Gasteiger partial charge >= 0.3 is 0 Å². The highest BCUT2D eigenvalue weighted by atomic mass is 32.2. The molecule has 0 spiro atoms. The zero-order chi connectivity index (χ0) is 17.5. The van der Waals surface area contributed by atoms with Crippen LogP contribution in [0.1, 0.15) is 19.0 Å². The first-order valence-electron chi connectivity index (χ1n) is 7.46. The van der Waals surface area contributed by atoms with Crippen molar-refractivity contribution in [2.75, 3.05) is 24.6 Å². The molecule has 1 saturated heterocycles. The fourth-order valence-corrected chi connectivity index (χ4v) is 3.87. The van der Waals surface area contributed by atoms with Crippen LogP contribution in [0.3, 0.4) is 0 Å². The molecule has 1 aromatic heterocycles. The summed E-state index contributed by atoms with van der Waals surface area (Å²) in [6, 6.07) is 1.47. The Hall–Kier alpha value is -1.39. The number of rotatable bonds is 8. The van der Waals surface area contributed by atoms with Crippen molar-refractivity contribution >= 4 is 51.9 Å². The fourth-order valence-electron chi connectivity index (χ4n) is 2.03. The second-order valence-electron chi connectivity index (χ2n) is 5.03. The van der Waals surface area contributed by atoms with Crippen molar-refractivity contribution < 1.29 is 9.59 Å². The quantitative estimate of drug-likeness (QED) is 0.387. The van der Waals surface area contributed by atoms with Gasteiger partial charge in [0.2, 0.25) is 11.8 Å². The number of carbonyl (C=O) groups excluding carboxylic acids is 2. The second kappa shape index (κ2) is 9.19. The zero-order valence-electron chi connectivity index (χ0n) is 13.2.